The first-order chi connectivity index (χ1) is 22.1. The van der Waals surface area contributed by atoms with Crippen molar-refractivity contribution in [3.8, 4) is 0 Å². The van der Waals surface area contributed by atoms with Crippen molar-refractivity contribution in [2.75, 3.05) is 13.2 Å². The van der Waals surface area contributed by atoms with Crippen molar-refractivity contribution in [2.24, 2.45) is 7.05 Å². The maximum absolute atomic E-state index is 12.6. The van der Waals surface area contributed by atoms with E-state index in [0.717, 1.165) is 25.7 Å². The molecule has 1 aromatic heterocycles. The summed E-state index contributed by atoms with van der Waals surface area (Å²) in [4.78, 5) is 25.3. The van der Waals surface area contributed by atoms with Gasteiger partial charge in [0.15, 0.2) is 12.4 Å². The van der Waals surface area contributed by atoms with Crippen LogP contribution in [-0.4, -0.2) is 25.2 Å². The number of ether oxygens (including phenoxy) is 2. The lowest BCUT2D eigenvalue weighted by atomic mass is 10.0. The normalized spacial score (nSPS) is 10.9. The highest BCUT2D eigenvalue weighted by molar-refractivity contribution is 5.94. The average molecular weight is 758 g/mol. The number of halogens is 1. The lowest BCUT2D eigenvalue weighted by Gasteiger charge is -2.07. The second-order valence-corrected chi connectivity index (χ2v) is 13.4. The molecule has 0 aromatic carbocycles. The molecule has 0 atom stereocenters. The van der Waals surface area contributed by atoms with Crippen LogP contribution in [0.4, 0.5) is 0 Å². The van der Waals surface area contributed by atoms with Crippen molar-refractivity contribution in [1.29, 1.82) is 0 Å². The van der Waals surface area contributed by atoms with Crippen LogP contribution in [0.1, 0.15) is 214 Å². The standard InChI is InChI=1S/C40H72NO4.HI/c1-4-6-8-10-12-14-16-18-20-22-24-26-28-30-32-44-39(42)37-34-38(36-41(3)35-37)40(43)45-33-31-29-27-25-23-21-19-17-15-13-11-9-7-5-2;/h34-36H,4-33H2,1-3H3;1H/q+1;/p-1. The van der Waals surface area contributed by atoms with Crippen LogP contribution in [0.5, 0.6) is 0 Å². The number of carbonyl (C=O) groups excluding carboxylic acids is 2. The Kier molecular flexibility index (Phi) is 32.8. The molecule has 0 unspecified atom stereocenters. The third kappa shape index (κ3) is 26.8. The van der Waals surface area contributed by atoms with E-state index >= 15 is 0 Å². The van der Waals surface area contributed by atoms with E-state index in [0.29, 0.717) is 24.3 Å². The molecule has 6 heteroatoms. The topological polar surface area (TPSA) is 56.5 Å². The van der Waals surface area contributed by atoms with Crippen LogP contribution < -0.4 is 28.5 Å². The number of aryl methyl sites for hydroxylation is 1. The molecule has 0 radical (unpaired) electrons. The molecule has 5 nitrogen and oxygen atoms in total. The van der Waals surface area contributed by atoms with Crippen molar-refractivity contribution in [3.05, 3.63) is 29.6 Å². The van der Waals surface area contributed by atoms with Crippen LogP contribution in [-0.2, 0) is 16.5 Å². The molecule has 0 bridgehead atoms. The van der Waals surface area contributed by atoms with Gasteiger partial charge in [-0.05, 0) is 18.9 Å². The van der Waals surface area contributed by atoms with E-state index in [9.17, 15) is 9.59 Å². The van der Waals surface area contributed by atoms with Gasteiger partial charge in [0.2, 0.25) is 0 Å². The van der Waals surface area contributed by atoms with Crippen LogP contribution in [0.15, 0.2) is 18.5 Å². The van der Waals surface area contributed by atoms with Gasteiger partial charge in [-0.25, -0.2) is 14.2 Å². The molecular formula is C40H72INO4. The van der Waals surface area contributed by atoms with Crippen molar-refractivity contribution in [2.45, 2.75) is 194 Å². The monoisotopic (exact) mass is 757 g/mol. The van der Waals surface area contributed by atoms with E-state index in [1.807, 2.05) is 7.05 Å². The van der Waals surface area contributed by atoms with Gasteiger partial charge in [-0.2, -0.15) is 0 Å². The van der Waals surface area contributed by atoms with Gasteiger partial charge in [0, 0.05) is 0 Å². The molecule has 0 aliphatic carbocycles. The number of carbonyl (C=O) groups is 2. The molecule has 0 N–H and O–H groups in total. The van der Waals surface area contributed by atoms with Gasteiger partial charge in [-0.3, -0.25) is 0 Å². The zero-order chi connectivity index (χ0) is 32.6. The molecule has 0 saturated heterocycles. The maximum Gasteiger partial charge on any atom is 0.344 e. The lowest BCUT2D eigenvalue weighted by molar-refractivity contribution is -0.671. The van der Waals surface area contributed by atoms with Gasteiger partial charge >= 0.3 is 11.9 Å². The fraction of sp³-hybridized carbons (Fsp3) is 0.825. The number of unbranched alkanes of at least 4 members (excludes halogenated alkanes) is 26. The zero-order valence-electron chi connectivity index (χ0n) is 30.4. The first kappa shape index (κ1) is 44.8. The third-order valence-corrected chi connectivity index (χ3v) is 8.93. The summed E-state index contributed by atoms with van der Waals surface area (Å²) in [6.45, 7) is 5.40. The summed E-state index contributed by atoms with van der Waals surface area (Å²) in [6, 6.07) is 1.60. The van der Waals surface area contributed by atoms with E-state index < -0.39 is 0 Å². The smallest absolute Gasteiger partial charge is 0.344 e. The molecule has 0 saturated carbocycles. The highest BCUT2D eigenvalue weighted by atomic mass is 127. The Morgan fingerprint density at radius 2 is 0.696 bits per heavy atom. The van der Waals surface area contributed by atoms with E-state index in [2.05, 4.69) is 13.8 Å². The van der Waals surface area contributed by atoms with E-state index in [1.54, 1.807) is 23.0 Å². The van der Waals surface area contributed by atoms with Crippen molar-refractivity contribution >= 4 is 11.9 Å². The maximum atomic E-state index is 12.6. The fourth-order valence-corrected chi connectivity index (χ4v) is 6.03. The summed E-state index contributed by atoms with van der Waals surface area (Å²) in [5.74, 6) is -0.746. The summed E-state index contributed by atoms with van der Waals surface area (Å²) in [6.07, 6.45) is 39.8. The highest BCUT2D eigenvalue weighted by Gasteiger charge is 2.18. The average Bonchev–Trinajstić information content (AvgIpc) is 3.04. The Balaban J connectivity index is 0.0000202. The molecule has 1 rings (SSSR count). The molecule has 0 amide bonds. The SMILES string of the molecule is CCCCCCCCCCCCCCCCOC(=O)c1cc(C(=O)OCCCCCCCCCCCCCCCC)c[n+](C)c1.[I-]. The number of nitrogens with zero attached hydrogens (tertiary/aromatic N) is 1. The molecule has 0 aliphatic rings. The molecule has 1 aromatic rings. The van der Waals surface area contributed by atoms with Crippen LogP contribution >= 0.6 is 0 Å². The van der Waals surface area contributed by atoms with E-state index in [-0.39, 0.29) is 35.9 Å². The first-order valence-corrected chi connectivity index (χ1v) is 19.4. The van der Waals surface area contributed by atoms with Gasteiger partial charge in [0.05, 0.1) is 13.2 Å². The summed E-state index contributed by atoms with van der Waals surface area (Å²) < 4.78 is 12.8. The fourth-order valence-electron chi connectivity index (χ4n) is 6.03. The summed E-state index contributed by atoms with van der Waals surface area (Å²) in [5, 5.41) is 0. The number of rotatable bonds is 32. The van der Waals surface area contributed by atoms with Crippen molar-refractivity contribution in [1.82, 2.24) is 0 Å². The van der Waals surface area contributed by atoms with Crippen LogP contribution in [0.25, 0.3) is 0 Å². The molecule has 1 heterocycles. The van der Waals surface area contributed by atoms with Gasteiger partial charge in [-0.15, -0.1) is 0 Å². The predicted molar refractivity (Wildman–Crippen MR) is 189 cm³/mol. The minimum absolute atomic E-state index is 0. The van der Waals surface area contributed by atoms with Gasteiger partial charge < -0.3 is 33.5 Å². The molecule has 0 spiro atoms. The van der Waals surface area contributed by atoms with Crippen LogP contribution in [0.3, 0.4) is 0 Å². The van der Waals surface area contributed by atoms with Crippen molar-refractivity contribution in [3.63, 3.8) is 0 Å². The molecule has 0 fully saturated rings. The number of hydrogen-bond donors (Lipinski definition) is 0. The summed E-state index contributed by atoms with van der Waals surface area (Å²) in [7, 11) is 1.81. The second-order valence-electron chi connectivity index (χ2n) is 13.4. The molecule has 46 heavy (non-hydrogen) atoms. The quantitative estimate of drug-likeness (QED) is 0.0319. The van der Waals surface area contributed by atoms with Crippen molar-refractivity contribution < 1.29 is 47.6 Å². The number of hydrogen-bond acceptors (Lipinski definition) is 4. The predicted octanol–water partition coefficient (Wildman–Crippen LogP) is 8.79. The summed E-state index contributed by atoms with van der Waals surface area (Å²) >= 11 is 0. The number of esters is 2. The Morgan fingerprint density at radius 1 is 0.457 bits per heavy atom. The zero-order valence-corrected chi connectivity index (χ0v) is 32.6. The van der Waals surface area contributed by atoms with Crippen LogP contribution in [0.2, 0.25) is 0 Å². The molecule has 0 aliphatic heterocycles. The lowest BCUT2D eigenvalue weighted by Crippen LogP contribution is -3.00. The minimum Gasteiger partial charge on any atom is -1.00 e. The Morgan fingerprint density at radius 3 is 0.957 bits per heavy atom. The highest BCUT2D eigenvalue weighted by Crippen LogP contribution is 2.15. The van der Waals surface area contributed by atoms with Gasteiger partial charge in [0.1, 0.15) is 18.2 Å². The minimum atomic E-state index is -0.373. The second kappa shape index (κ2) is 33.7. The van der Waals surface area contributed by atoms with Gasteiger partial charge in [0.25, 0.3) is 0 Å². The molecule has 268 valence electrons. The third-order valence-electron chi connectivity index (χ3n) is 8.93. The number of aromatic nitrogens is 1. The van der Waals surface area contributed by atoms with Gasteiger partial charge in [-0.1, -0.05) is 181 Å². The largest absolute Gasteiger partial charge is 1.00 e. The summed E-state index contributed by atoms with van der Waals surface area (Å²) in [5.41, 5.74) is 0.794. The Labute approximate surface area is 301 Å². The first-order valence-electron chi connectivity index (χ1n) is 19.4. The number of pyridine rings is 1. The van der Waals surface area contributed by atoms with E-state index in [4.69, 9.17) is 9.47 Å². The van der Waals surface area contributed by atoms with Crippen LogP contribution in [0, 0.1) is 0 Å². The Hall–Kier alpha value is -1.18. The van der Waals surface area contributed by atoms with E-state index in [1.165, 1.54) is 154 Å². The Bertz CT molecular complexity index is 782. The molecular weight excluding hydrogens is 685 g/mol.